The van der Waals surface area contributed by atoms with E-state index >= 15 is 0 Å². The van der Waals surface area contributed by atoms with Crippen molar-refractivity contribution in [2.24, 2.45) is 0 Å². The Morgan fingerprint density at radius 2 is 2.22 bits per heavy atom. The van der Waals surface area contributed by atoms with Gasteiger partial charge in [0.1, 0.15) is 5.76 Å². The summed E-state index contributed by atoms with van der Waals surface area (Å²) in [7, 11) is 1.54. The molecule has 18 heavy (non-hydrogen) atoms. The van der Waals surface area contributed by atoms with Crippen molar-refractivity contribution >= 4 is 17.6 Å². The molecule has 5 heteroatoms. The first-order chi connectivity index (χ1) is 8.54. The minimum absolute atomic E-state index is 0.141. The average Bonchev–Trinajstić information content (AvgIpc) is 2.69. The SMILES string of the molecule is COC1=CC=C(Cl)C1c1cc(C)ncc1C(=O)O. The molecule has 0 fully saturated rings. The minimum atomic E-state index is -1.02. The molecule has 0 saturated carbocycles. The van der Waals surface area contributed by atoms with Crippen LogP contribution in [-0.2, 0) is 4.74 Å². The molecule has 1 unspecified atom stereocenters. The van der Waals surface area contributed by atoms with Gasteiger partial charge in [-0.2, -0.15) is 0 Å². The Kier molecular flexibility index (Phi) is 3.39. The number of halogens is 1. The summed E-state index contributed by atoms with van der Waals surface area (Å²) in [5.41, 5.74) is 1.48. The smallest absolute Gasteiger partial charge is 0.337 e. The second kappa shape index (κ2) is 4.82. The number of ether oxygens (including phenoxy) is 1. The van der Waals surface area contributed by atoms with Crippen molar-refractivity contribution in [3.05, 3.63) is 52.0 Å². The number of allylic oxidation sites excluding steroid dienone is 3. The average molecular weight is 266 g/mol. The molecule has 0 aromatic carbocycles. The van der Waals surface area contributed by atoms with Crippen molar-refractivity contribution in [3.8, 4) is 0 Å². The summed E-state index contributed by atoms with van der Waals surface area (Å²) in [6.07, 6.45) is 4.81. The first-order valence-electron chi connectivity index (χ1n) is 5.35. The van der Waals surface area contributed by atoms with Gasteiger partial charge in [0.2, 0.25) is 0 Å². The van der Waals surface area contributed by atoms with E-state index in [1.54, 1.807) is 25.1 Å². The summed E-state index contributed by atoms with van der Waals surface area (Å²) in [6, 6.07) is 1.72. The number of aromatic carboxylic acids is 1. The van der Waals surface area contributed by atoms with Crippen LogP contribution < -0.4 is 0 Å². The third kappa shape index (κ3) is 2.11. The number of carboxylic acid groups (broad SMARTS) is 1. The van der Waals surface area contributed by atoms with Crippen LogP contribution >= 0.6 is 11.6 Å². The summed E-state index contributed by atoms with van der Waals surface area (Å²) in [4.78, 5) is 15.2. The molecule has 0 amide bonds. The zero-order valence-electron chi connectivity index (χ0n) is 9.98. The number of hydrogen-bond acceptors (Lipinski definition) is 3. The number of methoxy groups -OCH3 is 1. The molecular weight excluding hydrogens is 254 g/mol. The van der Waals surface area contributed by atoms with Crippen molar-refractivity contribution in [2.75, 3.05) is 7.11 Å². The number of aryl methyl sites for hydroxylation is 1. The summed E-state index contributed by atoms with van der Waals surface area (Å²) < 4.78 is 5.23. The minimum Gasteiger partial charge on any atom is -0.500 e. The quantitative estimate of drug-likeness (QED) is 0.913. The number of nitrogens with zero attached hydrogens (tertiary/aromatic N) is 1. The molecule has 1 aliphatic rings. The van der Waals surface area contributed by atoms with Crippen molar-refractivity contribution in [3.63, 3.8) is 0 Å². The van der Waals surface area contributed by atoms with Crippen LogP contribution in [0.3, 0.4) is 0 Å². The molecule has 0 spiro atoms. The lowest BCUT2D eigenvalue weighted by molar-refractivity contribution is 0.0695. The first-order valence-corrected chi connectivity index (χ1v) is 5.73. The second-order valence-corrected chi connectivity index (χ2v) is 4.41. The monoisotopic (exact) mass is 265 g/mol. The van der Waals surface area contributed by atoms with E-state index in [0.29, 0.717) is 16.4 Å². The summed E-state index contributed by atoms with van der Waals surface area (Å²) >= 11 is 6.13. The van der Waals surface area contributed by atoms with Gasteiger partial charge in [-0.15, -0.1) is 0 Å². The zero-order valence-corrected chi connectivity index (χ0v) is 10.7. The van der Waals surface area contributed by atoms with Crippen LogP contribution in [-0.4, -0.2) is 23.2 Å². The third-order valence-electron chi connectivity index (χ3n) is 2.82. The van der Waals surface area contributed by atoms with Crippen LogP contribution in [0, 0.1) is 6.92 Å². The second-order valence-electron chi connectivity index (χ2n) is 3.98. The standard InChI is InChI=1S/C13H12ClNO3/c1-7-5-8(9(6-15-7)13(16)17)12-10(14)3-4-11(12)18-2/h3-6,12H,1-2H3,(H,16,17). The third-order valence-corrected chi connectivity index (χ3v) is 3.16. The topological polar surface area (TPSA) is 59.4 Å². The van der Waals surface area contributed by atoms with Crippen LogP contribution in [0.2, 0.25) is 0 Å². The van der Waals surface area contributed by atoms with Gasteiger partial charge in [0.25, 0.3) is 0 Å². The molecule has 1 atom stereocenters. The molecule has 1 N–H and O–H groups in total. The highest BCUT2D eigenvalue weighted by molar-refractivity contribution is 6.31. The maximum atomic E-state index is 11.2. The van der Waals surface area contributed by atoms with E-state index in [9.17, 15) is 9.90 Å². The fraction of sp³-hybridized carbons (Fsp3) is 0.231. The molecule has 94 valence electrons. The molecule has 0 bridgehead atoms. The molecular formula is C13H12ClNO3. The predicted octanol–water partition coefficient (Wildman–Crippen LogP) is 2.84. The van der Waals surface area contributed by atoms with Crippen LogP contribution in [0.5, 0.6) is 0 Å². The van der Waals surface area contributed by atoms with Crippen molar-refractivity contribution in [2.45, 2.75) is 12.8 Å². The molecule has 0 aliphatic heterocycles. The molecule has 0 saturated heterocycles. The van der Waals surface area contributed by atoms with Crippen molar-refractivity contribution in [1.29, 1.82) is 0 Å². The molecule has 2 rings (SSSR count). The molecule has 1 aliphatic carbocycles. The Bertz CT molecular complexity index is 563. The van der Waals surface area contributed by atoms with E-state index in [1.165, 1.54) is 13.3 Å². The van der Waals surface area contributed by atoms with Gasteiger partial charge < -0.3 is 9.84 Å². The lowest BCUT2D eigenvalue weighted by Gasteiger charge is -2.17. The summed E-state index contributed by atoms with van der Waals surface area (Å²) in [5.74, 6) is -0.748. The zero-order chi connectivity index (χ0) is 13.3. The van der Waals surface area contributed by atoms with Gasteiger partial charge in [-0.3, -0.25) is 4.98 Å². The van der Waals surface area contributed by atoms with Crippen LogP contribution in [0.15, 0.2) is 35.2 Å². The van der Waals surface area contributed by atoms with Crippen LogP contribution in [0.25, 0.3) is 0 Å². The summed E-state index contributed by atoms with van der Waals surface area (Å²) in [6.45, 7) is 1.80. The highest BCUT2D eigenvalue weighted by atomic mass is 35.5. The maximum Gasteiger partial charge on any atom is 0.337 e. The van der Waals surface area contributed by atoms with Gasteiger partial charge in [-0.1, -0.05) is 11.6 Å². The predicted molar refractivity (Wildman–Crippen MR) is 67.7 cm³/mol. The maximum absolute atomic E-state index is 11.2. The molecule has 1 aromatic heterocycles. The van der Waals surface area contributed by atoms with E-state index in [2.05, 4.69) is 4.98 Å². The molecule has 0 radical (unpaired) electrons. The number of rotatable bonds is 3. The van der Waals surface area contributed by atoms with Crippen molar-refractivity contribution in [1.82, 2.24) is 4.98 Å². The fourth-order valence-electron chi connectivity index (χ4n) is 1.98. The highest BCUT2D eigenvalue weighted by Crippen LogP contribution is 2.40. The van der Waals surface area contributed by atoms with E-state index in [0.717, 1.165) is 5.69 Å². The Morgan fingerprint density at radius 1 is 1.50 bits per heavy atom. The number of hydrogen-bond donors (Lipinski definition) is 1. The fourth-order valence-corrected chi connectivity index (χ4v) is 2.26. The number of carbonyl (C=O) groups is 1. The van der Waals surface area contributed by atoms with Gasteiger partial charge in [-0.25, -0.2) is 4.79 Å². The van der Waals surface area contributed by atoms with E-state index in [1.807, 2.05) is 0 Å². The van der Waals surface area contributed by atoms with Crippen molar-refractivity contribution < 1.29 is 14.6 Å². The Balaban J connectivity index is 2.56. The number of carboxylic acids is 1. The van der Waals surface area contributed by atoms with Gasteiger partial charge in [-0.05, 0) is 30.7 Å². The van der Waals surface area contributed by atoms with E-state index in [4.69, 9.17) is 16.3 Å². The van der Waals surface area contributed by atoms with Gasteiger partial charge >= 0.3 is 5.97 Å². The number of aromatic nitrogens is 1. The van der Waals surface area contributed by atoms with Crippen LogP contribution in [0.1, 0.15) is 27.5 Å². The molecule has 4 nitrogen and oxygen atoms in total. The molecule has 1 heterocycles. The Hall–Kier alpha value is -1.81. The normalized spacial score (nSPS) is 18.3. The lowest BCUT2D eigenvalue weighted by Crippen LogP contribution is -2.10. The van der Waals surface area contributed by atoms with E-state index in [-0.39, 0.29) is 11.5 Å². The summed E-state index contributed by atoms with van der Waals surface area (Å²) in [5, 5.41) is 9.74. The molecule has 1 aromatic rings. The van der Waals surface area contributed by atoms with Gasteiger partial charge in [0, 0.05) is 16.9 Å². The largest absolute Gasteiger partial charge is 0.500 e. The van der Waals surface area contributed by atoms with Gasteiger partial charge in [0.05, 0.1) is 18.6 Å². The first kappa shape index (κ1) is 12.6. The highest BCUT2D eigenvalue weighted by Gasteiger charge is 2.29. The Morgan fingerprint density at radius 3 is 2.83 bits per heavy atom. The Labute approximate surface area is 110 Å². The van der Waals surface area contributed by atoms with E-state index < -0.39 is 5.97 Å². The number of pyridine rings is 1. The van der Waals surface area contributed by atoms with Crippen LogP contribution in [0.4, 0.5) is 0 Å². The van der Waals surface area contributed by atoms with Gasteiger partial charge in [0.15, 0.2) is 0 Å². The lowest BCUT2D eigenvalue weighted by atomic mass is 9.94.